The molecule has 0 saturated carbocycles. The van der Waals surface area contributed by atoms with Crippen LogP contribution in [0, 0.1) is 17.0 Å². The Hall–Kier alpha value is -3.89. The number of aromatic nitrogens is 1. The summed E-state index contributed by atoms with van der Waals surface area (Å²) < 4.78 is 6.36. The van der Waals surface area contributed by atoms with Gasteiger partial charge >= 0.3 is 5.69 Å². The van der Waals surface area contributed by atoms with Crippen LogP contribution in [0.4, 0.5) is 11.4 Å². The maximum atomic E-state index is 12.7. The summed E-state index contributed by atoms with van der Waals surface area (Å²) in [5.74, 6) is -0.462. The normalized spacial score (nSPS) is 10.6. The van der Waals surface area contributed by atoms with Crippen LogP contribution in [0.1, 0.15) is 22.8 Å². The lowest BCUT2D eigenvalue weighted by Crippen LogP contribution is -2.34. The highest BCUT2D eigenvalue weighted by atomic mass is 32.1. The highest BCUT2D eigenvalue weighted by Gasteiger charge is 2.19. The summed E-state index contributed by atoms with van der Waals surface area (Å²) in [4.78, 5) is 28.1. The van der Waals surface area contributed by atoms with Gasteiger partial charge < -0.3 is 10.1 Å². The van der Waals surface area contributed by atoms with E-state index in [0.29, 0.717) is 0 Å². The lowest BCUT2D eigenvalue weighted by atomic mass is 10.1. The average Bonchev–Trinajstić information content (AvgIpc) is 3.24. The van der Waals surface area contributed by atoms with Gasteiger partial charge in [-0.1, -0.05) is 24.3 Å². The fourth-order valence-corrected chi connectivity index (χ4v) is 4.65. The van der Waals surface area contributed by atoms with Crippen LogP contribution in [-0.4, -0.2) is 27.5 Å². The van der Waals surface area contributed by atoms with Crippen molar-refractivity contribution < 1.29 is 14.5 Å². The predicted molar refractivity (Wildman–Crippen MR) is 138 cm³/mol. The summed E-state index contributed by atoms with van der Waals surface area (Å²) in [6, 6.07) is 17.7. The molecule has 34 heavy (non-hydrogen) atoms. The third kappa shape index (κ3) is 4.87. The quantitative estimate of drug-likeness (QED) is 0.202. The molecule has 4 aromatic rings. The molecule has 1 aromatic heterocycles. The number of fused-ring (bicyclic) bond motifs is 1. The molecule has 0 unspecified atom stereocenters. The Kier molecular flexibility index (Phi) is 6.80. The second kappa shape index (κ2) is 9.94. The lowest BCUT2D eigenvalue weighted by molar-refractivity contribution is -0.385. The van der Waals surface area contributed by atoms with E-state index >= 15 is 0 Å². The van der Waals surface area contributed by atoms with Gasteiger partial charge in [0, 0.05) is 22.9 Å². The standard InChI is InChI=1S/C24H20N4O4S2/c1-3-32-20-12-11-15(13-19(20)28(30)31)22(29)27-24(33)26-17-9-6-7-16(14(17)2)23-25-18-8-4-5-10-21(18)34-23/h4-13H,3H2,1-2H3,(H2,26,27,29,33). The number of carbonyl (C=O) groups is 1. The molecule has 8 nitrogen and oxygen atoms in total. The number of para-hydroxylation sites is 1. The van der Waals surface area contributed by atoms with Crippen molar-refractivity contribution in [2.24, 2.45) is 0 Å². The summed E-state index contributed by atoms with van der Waals surface area (Å²) in [5.41, 5.74) is 3.36. The van der Waals surface area contributed by atoms with E-state index in [1.165, 1.54) is 18.2 Å². The molecule has 0 saturated heterocycles. The van der Waals surface area contributed by atoms with Gasteiger partial charge in [-0.3, -0.25) is 20.2 Å². The van der Waals surface area contributed by atoms with E-state index < -0.39 is 10.8 Å². The molecule has 0 atom stereocenters. The number of ether oxygens (including phenoxy) is 1. The van der Waals surface area contributed by atoms with Gasteiger partial charge in [0.1, 0.15) is 5.01 Å². The zero-order valence-electron chi connectivity index (χ0n) is 18.3. The molecular weight excluding hydrogens is 472 g/mol. The summed E-state index contributed by atoms with van der Waals surface area (Å²) in [6.07, 6.45) is 0. The first-order valence-electron chi connectivity index (χ1n) is 10.4. The number of nitro benzene ring substituents is 1. The van der Waals surface area contributed by atoms with Crippen molar-refractivity contribution in [2.75, 3.05) is 11.9 Å². The number of carbonyl (C=O) groups excluding carboxylic acids is 1. The van der Waals surface area contributed by atoms with Gasteiger partial charge in [0.2, 0.25) is 0 Å². The maximum absolute atomic E-state index is 12.7. The van der Waals surface area contributed by atoms with Crippen molar-refractivity contribution in [3.63, 3.8) is 0 Å². The van der Waals surface area contributed by atoms with Gasteiger partial charge in [-0.05, 0) is 62.0 Å². The molecule has 1 heterocycles. The molecule has 10 heteroatoms. The second-order valence-corrected chi connectivity index (χ2v) is 8.68. The number of thiazole rings is 1. The van der Waals surface area contributed by atoms with E-state index in [1.54, 1.807) is 18.3 Å². The number of rotatable bonds is 6. The second-order valence-electron chi connectivity index (χ2n) is 7.25. The van der Waals surface area contributed by atoms with Crippen LogP contribution in [0.2, 0.25) is 0 Å². The molecule has 3 aromatic carbocycles. The monoisotopic (exact) mass is 492 g/mol. The SMILES string of the molecule is CCOc1ccc(C(=O)NC(=S)Nc2cccc(-c3nc4ccccc4s3)c2C)cc1[N+](=O)[O-]. The van der Waals surface area contributed by atoms with E-state index in [9.17, 15) is 14.9 Å². The Morgan fingerprint density at radius 3 is 2.71 bits per heavy atom. The fourth-order valence-electron chi connectivity index (χ4n) is 3.40. The Balaban J connectivity index is 1.51. The largest absolute Gasteiger partial charge is 0.487 e. The number of anilines is 1. The topological polar surface area (TPSA) is 106 Å². The van der Waals surface area contributed by atoms with Crippen molar-refractivity contribution in [3.8, 4) is 16.3 Å². The molecule has 0 aliphatic heterocycles. The number of hydrogen-bond donors (Lipinski definition) is 2. The van der Waals surface area contributed by atoms with Crippen molar-refractivity contribution in [1.82, 2.24) is 10.3 Å². The Labute approximate surface area is 204 Å². The summed E-state index contributed by atoms with van der Waals surface area (Å²) in [7, 11) is 0. The molecule has 0 aliphatic carbocycles. The van der Waals surface area contributed by atoms with Crippen LogP contribution in [0.25, 0.3) is 20.8 Å². The molecule has 0 bridgehead atoms. The number of nitrogens with one attached hydrogen (secondary N) is 2. The minimum Gasteiger partial charge on any atom is -0.487 e. The number of benzene rings is 3. The lowest BCUT2D eigenvalue weighted by Gasteiger charge is -2.14. The summed E-state index contributed by atoms with van der Waals surface area (Å²) in [6.45, 7) is 3.95. The molecule has 1 amide bonds. The van der Waals surface area contributed by atoms with Gasteiger partial charge in [-0.2, -0.15) is 0 Å². The molecule has 0 spiro atoms. The van der Waals surface area contributed by atoms with Gasteiger partial charge in [-0.25, -0.2) is 4.98 Å². The number of nitro groups is 1. The Bertz CT molecular complexity index is 1380. The van der Waals surface area contributed by atoms with Crippen molar-refractivity contribution in [3.05, 3.63) is 81.9 Å². The maximum Gasteiger partial charge on any atom is 0.311 e. The highest BCUT2D eigenvalue weighted by molar-refractivity contribution is 7.80. The molecule has 0 aliphatic rings. The van der Waals surface area contributed by atoms with Crippen LogP contribution in [-0.2, 0) is 0 Å². The van der Waals surface area contributed by atoms with E-state index in [0.717, 1.165) is 32.0 Å². The molecule has 0 radical (unpaired) electrons. The third-order valence-corrected chi connectivity index (χ3v) is 6.32. The number of hydrogen-bond acceptors (Lipinski definition) is 7. The van der Waals surface area contributed by atoms with Crippen molar-refractivity contribution in [1.29, 1.82) is 0 Å². The van der Waals surface area contributed by atoms with E-state index in [-0.39, 0.29) is 28.7 Å². The first-order valence-corrected chi connectivity index (χ1v) is 11.6. The first kappa shape index (κ1) is 23.3. The van der Waals surface area contributed by atoms with E-state index in [2.05, 4.69) is 10.6 Å². The average molecular weight is 493 g/mol. The Morgan fingerprint density at radius 2 is 1.97 bits per heavy atom. The van der Waals surface area contributed by atoms with Crippen LogP contribution >= 0.6 is 23.6 Å². The number of thiocarbonyl (C=S) groups is 1. The predicted octanol–water partition coefficient (Wildman–Crippen LogP) is 5.71. The van der Waals surface area contributed by atoms with E-state index in [1.807, 2.05) is 49.4 Å². The molecule has 4 rings (SSSR count). The number of amides is 1. The highest BCUT2D eigenvalue weighted by Crippen LogP contribution is 2.34. The fraction of sp³-hybridized carbons (Fsp3) is 0.125. The van der Waals surface area contributed by atoms with Gasteiger partial charge in [0.05, 0.1) is 21.7 Å². The van der Waals surface area contributed by atoms with Crippen molar-refractivity contribution in [2.45, 2.75) is 13.8 Å². The van der Waals surface area contributed by atoms with Crippen LogP contribution in [0.3, 0.4) is 0 Å². The zero-order chi connectivity index (χ0) is 24.2. The third-order valence-electron chi connectivity index (χ3n) is 5.05. The zero-order valence-corrected chi connectivity index (χ0v) is 20.0. The smallest absolute Gasteiger partial charge is 0.311 e. The van der Waals surface area contributed by atoms with Crippen LogP contribution in [0.5, 0.6) is 5.75 Å². The first-order chi connectivity index (χ1) is 16.4. The van der Waals surface area contributed by atoms with Gasteiger partial charge in [0.15, 0.2) is 10.9 Å². The van der Waals surface area contributed by atoms with E-state index in [4.69, 9.17) is 21.9 Å². The minimum absolute atomic E-state index is 0.0751. The van der Waals surface area contributed by atoms with Crippen LogP contribution in [0.15, 0.2) is 60.7 Å². The molecular formula is C24H20N4O4S2. The van der Waals surface area contributed by atoms with Gasteiger partial charge in [-0.15, -0.1) is 11.3 Å². The van der Waals surface area contributed by atoms with Crippen LogP contribution < -0.4 is 15.4 Å². The summed E-state index contributed by atoms with van der Waals surface area (Å²) in [5, 5.41) is 17.9. The van der Waals surface area contributed by atoms with Crippen molar-refractivity contribution >= 4 is 56.2 Å². The summed E-state index contributed by atoms with van der Waals surface area (Å²) >= 11 is 6.92. The minimum atomic E-state index is -0.588. The van der Waals surface area contributed by atoms with Gasteiger partial charge in [0.25, 0.3) is 5.91 Å². The molecule has 172 valence electrons. The Morgan fingerprint density at radius 1 is 1.18 bits per heavy atom. The molecule has 0 fully saturated rings. The molecule has 2 N–H and O–H groups in total. The number of nitrogens with zero attached hydrogens (tertiary/aromatic N) is 2.